The number of carbonyl (C=O) groups excluding carboxylic acids is 1. The maximum absolute atomic E-state index is 12.3. The molecule has 7 heteroatoms. The van der Waals surface area contributed by atoms with Gasteiger partial charge < -0.3 is 19.6 Å². The van der Waals surface area contributed by atoms with E-state index in [4.69, 9.17) is 4.52 Å². The molecule has 162 valence electrons. The van der Waals surface area contributed by atoms with Crippen LogP contribution in [0.25, 0.3) is 11.4 Å². The number of benzene rings is 1. The standard InChI is InChI=1S/C23H33N5O2/c1-18-10-15-27(16-11-18)17-12-24-22(29)23-25-21(26-30-23)19-6-8-20(9-7-19)28-13-4-2-3-5-14-28/h6-9,18H,2-5,10-17H2,1H3,(H,24,29). The van der Waals surface area contributed by atoms with Gasteiger partial charge >= 0.3 is 11.8 Å². The SMILES string of the molecule is CC1CCN(CCNC(=O)c2nc(-c3ccc(N4CCCCCC4)cc3)no2)CC1. The molecule has 3 heterocycles. The number of amides is 1. The van der Waals surface area contributed by atoms with Gasteiger partial charge in [0.05, 0.1) is 0 Å². The Hall–Kier alpha value is -2.41. The van der Waals surface area contributed by atoms with Crippen molar-refractivity contribution < 1.29 is 9.32 Å². The fourth-order valence-electron chi connectivity index (χ4n) is 4.27. The van der Waals surface area contributed by atoms with Gasteiger partial charge in [-0.05, 0) is 69.0 Å². The fourth-order valence-corrected chi connectivity index (χ4v) is 4.27. The average molecular weight is 412 g/mol. The number of likely N-dealkylation sites (tertiary alicyclic amines) is 1. The highest BCUT2D eigenvalue weighted by Crippen LogP contribution is 2.23. The Morgan fingerprint density at radius 3 is 2.47 bits per heavy atom. The van der Waals surface area contributed by atoms with Crippen LogP contribution in [0.1, 0.15) is 56.1 Å². The molecule has 0 atom stereocenters. The van der Waals surface area contributed by atoms with E-state index in [9.17, 15) is 4.79 Å². The van der Waals surface area contributed by atoms with Gasteiger partial charge in [-0.15, -0.1) is 0 Å². The molecule has 0 spiro atoms. The lowest BCUT2D eigenvalue weighted by Gasteiger charge is -2.29. The minimum absolute atomic E-state index is 0.0221. The summed E-state index contributed by atoms with van der Waals surface area (Å²) in [5.41, 5.74) is 2.09. The van der Waals surface area contributed by atoms with Crippen molar-refractivity contribution >= 4 is 11.6 Å². The first kappa shape index (κ1) is 20.8. The van der Waals surface area contributed by atoms with Crippen LogP contribution in [0.5, 0.6) is 0 Å². The molecule has 4 rings (SSSR count). The molecule has 30 heavy (non-hydrogen) atoms. The van der Waals surface area contributed by atoms with Crippen LogP contribution in [-0.2, 0) is 0 Å². The topological polar surface area (TPSA) is 74.5 Å². The summed E-state index contributed by atoms with van der Waals surface area (Å²) in [5, 5.41) is 6.90. The zero-order valence-corrected chi connectivity index (χ0v) is 18.0. The first-order valence-electron chi connectivity index (χ1n) is 11.4. The third kappa shape index (κ3) is 5.39. The Labute approximate surface area is 178 Å². The molecule has 1 amide bonds. The summed E-state index contributed by atoms with van der Waals surface area (Å²) in [5.74, 6) is 0.979. The number of anilines is 1. The molecule has 1 aromatic heterocycles. The molecule has 0 bridgehead atoms. The molecule has 0 radical (unpaired) electrons. The second kappa shape index (κ2) is 10.1. The van der Waals surface area contributed by atoms with Crippen LogP contribution in [0.3, 0.4) is 0 Å². The van der Waals surface area contributed by atoms with E-state index in [2.05, 4.69) is 44.3 Å². The molecule has 2 saturated heterocycles. The van der Waals surface area contributed by atoms with Crippen molar-refractivity contribution in [2.24, 2.45) is 5.92 Å². The van der Waals surface area contributed by atoms with Crippen LogP contribution in [0.2, 0.25) is 0 Å². The van der Waals surface area contributed by atoms with E-state index in [1.807, 2.05) is 12.1 Å². The maximum Gasteiger partial charge on any atom is 0.316 e. The second-order valence-electron chi connectivity index (χ2n) is 8.65. The van der Waals surface area contributed by atoms with Crippen LogP contribution in [0, 0.1) is 5.92 Å². The lowest BCUT2D eigenvalue weighted by atomic mass is 9.99. The monoisotopic (exact) mass is 411 g/mol. The van der Waals surface area contributed by atoms with Crippen molar-refractivity contribution in [3.05, 3.63) is 30.2 Å². The minimum atomic E-state index is -0.305. The highest BCUT2D eigenvalue weighted by atomic mass is 16.5. The summed E-state index contributed by atoms with van der Waals surface area (Å²) >= 11 is 0. The molecule has 1 N–H and O–H groups in total. The van der Waals surface area contributed by atoms with E-state index in [0.717, 1.165) is 44.2 Å². The summed E-state index contributed by atoms with van der Waals surface area (Å²) in [6.45, 7) is 8.19. The lowest BCUT2D eigenvalue weighted by Crippen LogP contribution is -2.39. The van der Waals surface area contributed by atoms with Gasteiger partial charge in [-0.1, -0.05) is 24.9 Å². The van der Waals surface area contributed by atoms with Crippen molar-refractivity contribution in [2.75, 3.05) is 44.2 Å². The molecule has 2 aliphatic rings. The quantitative estimate of drug-likeness (QED) is 0.783. The molecule has 1 aromatic carbocycles. The van der Waals surface area contributed by atoms with Gasteiger partial charge in [-0.25, -0.2) is 0 Å². The molecule has 7 nitrogen and oxygen atoms in total. The molecule has 0 saturated carbocycles. The Morgan fingerprint density at radius 2 is 1.77 bits per heavy atom. The summed E-state index contributed by atoms with van der Waals surface area (Å²) in [4.78, 5) is 21.5. The van der Waals surface area contributed by atoms with E-state index < -0.39 is 0 Å². The third-order valence-corrected chi connectivity index (χ3v) is 6.31. The summed E-state index contributed by atoms with van der Waals surface area (Å²) in [7, 11) is 0. The minimum Gasteiger partial charge on any atom is -0.372 e. The predicted octanol–water partition coefficient (Wildman–Crippen LogP) is 3.58. The smallest absolute Gasteiger partial charge is 0.316 e. The number of rotatable bonds is 6. The number of hydrogen-bond donors (Lipinski definition) is 1. The number of nitrogens with zero attached hydrogens (tertiary/aromatic N) is 4. The van der Waals surface area contributed by atoms with Gasteiger partial charge in [-0.2, -0.15) is 4.98 Å². The van der Waals surface area contributed by atoms with Crippen molar-refractivity contribution in [1.29, 1.82) is 0 Å². The molecule has 0 unspecified atom stereocenters. The predicted molar refractivity (Wildman–Crippen MR) is 118 cm³/mol. The Balaban J connectivity index is 1.29. The molecular formula is C23H33N5O2. The normalized spacial score (nSPS) is 18.9. The molecule has 0 aliphatic carbocycles. The van der Waals surface area contributed by atoms with Crippen LogP contribution in [0.4, 0.5) is 5.69 Å². The largest absolute Gasteiger partial charge is 0.372 e. The first-order valence-corrected chi connectivity index (χ1v) is 11.4. The van der Waals surface area contributed by atoms with Crippen LogP contribution >= 0.6 is 0 Å². The van der Waals surface area contributed by atoms with Crippen molar-refractivity contribution in [1.82, 2.24) is 20.4 Å². The molecule has 2 fully saturated rings. The maximum atomic E-state index is 12.3. The van der Waals surface area contributed by atoms with Gasteiger partial charge in [0.2, 0.25) is 5.82 Å². The fraction of sp³-hybridized carbons (Fsp3) is 0.609. The van der Waals surface area contributed by atoms with Crippen LogP contribution in [0.15, 0.2) is 28.8 Å². The number of hydrogen-bond acceptors (Lipinski definition) is 6. The zero-order chi connectivity index (χ0) is 20.8. The summed E-state index contributed by atoms with van der Waals surface area (Å²) < 4.78 is 5.20. The van der Waals surface area contributed by atoms with Gasteiger partial charge in [-0.3, -0.25) is 4.79 Å². The zero-order valence-electron chi connectivity index (χ0n) is 18.0. The number of aromatic nitrogens is 2. The number of carbonyl (C=O) groups is 1. The molecular weight excluding hydrogens is 378 g/mol. The number of nitrogens with one attached hydrogen (secondary N) is 1. The Morgan fingerprint density at radius 1 is 1.07 bits per heavy atom. The summed E-state index contributed by atoms with van der Waals surface area (Å²) in [6, 6.07) is 8.22. The highest BCUT2D eigenvalue weighted by Gasteiger charge is 2.18. The second-order valence-corrected chi connectivity index (χ2v) is 8.65. The van der Waals surface area contributed by atoms with Gasteiger partial charge in [0.25, 0.3) is 0 Å². The van der Waals surface area contributed by atoms with E-state index in [-0.39, 0.29) is 11.8 Å². The van der Waals surface area contributed by atoms with Crippen LogP contribution in [-0.4, -0.2) is 60.2 Å². The number of piperidine rings is 1. The Bertz CT molecular complexity index is 803. The van der Waals surface area contributed by atoms with Crippen molar-refractivity contribution in [2.45, 2.75) is 45.4 Å². The van der Waals surface area contributed by atoms with Gasteiger partial charge in [0.15, 0.2) is 0 Å². The Kier molecular flexibility index (Phi) is 7.00. The van der Waals surface area contributed by atoms with E-state index in [1.54, 1.807) is 0 Å². The third-order valence-electron chi connectivity index (χ3n) is 6.31. The van der Waals surface area contributed by atoms with Crippen molar-refractivity contribution in [3.8, 4) is 11.4 Å². The van der Waals surface area contributed by atoms with E-state index in [1.165, 1.54) is 44.2 Å². The molecule has 2 aliphatic heterocycles. The molecule has 2 aromatic rings. The lowest BCUT2D eigenvalue weighted by molar-refractivity contribution is 0.0901. The first-order chi connectivity index (χ1) is 14.7. The van der Waals surface area contributed by atoms with E-state index in [0.29, 0.717) is 12.4 Å². The van der Waals surface area contributed by atoms with E-state index >= 15 is 0 Å². The van der Waals surface area contributed by atoms with Crippen molar-refractivity contribution in [3.63, 3.8) is 0 Å². The summed E-state index contributed by atoms with van der Waals surface area (Å²) in [6.07, 6.45) is 7.61. The van der Waals surface area contributed by atoms with Gasteiger partial charge in [0.1, 0.15) is 0 Å². The highest BCUT2D eigenvalue weighted by molar-refractivity contribution is 5.89. The average Bonchev–Trinajstić information content (AvgIpc) is 3.11. The van der Waals surface area contributed by atoms with Crippen LogP contribution < -0.4 is 10.2 Å². The van der Waals surface area contributed by atoms with Gasteiger partial charge in [0, 0.05) is 37.4 Å².